The molecule has 3 nitrogen and oxygen atoms in total. The van der Waals surface area contributed by atoms with Crippen molar-refractivity contribution in [2.75, 3.05) is 18.4 Å². The molecule has 0 heterocycles. The van der Waals surface area contributed by atoms with Crippen LogP contribution in [-0.4, -0.2) is 19.0 Å². The number of anilines is 1. The summed E-state index contributed by atoms with van der Waals surface area (Å²) in [4.78, 5) is 12.3. The van der Waals surface area contributed by atoms with Crippen molar-refractivity contribution in [3.63, 3.8) is 0 Å². The van der Waals surface area contributed by atoms with Crippen LogP contribution in [0.1, 0.15) is 61.4 Å². The maximum absolute atomic E-state index is 12.3. The predicted octanol–water partition coefficient (Wildman–Crippen LogP) is 4.13. The summed E-state index contributed by atoms with van der Waals surface area (Å²) in [6.45, 7) is 5.70. The molecule has 1 aromatic carbocycles. The molecule has 3 heteroatoms. The normalized spacial score (nSPS) is 15.1. The van der Waals surface area contributed by atoms with Crippen LogP contribution >= 0.6 is 0 Å². The molecule has 0 aliphatic heterocycles. The maximum atomic E-state index is 12.3. The van der Waals surface area contributed by atoms with Crippen molar-refractivity contribution in [1.82, 2.24) is 5.32 Å². The summed E-state index contributed by atoms with van der Waals surface area (Å²) in [6.07, 6.45) is 7.92. The Labute approximate surface area is 128 Å². The van der Waals surface area contributed by atoms with E-state index in [0.29, 0.717) is 0 Å². The van der Waals surface area contributed by atoms with Gasteiger partial charge in [0, 0.05) is 18.8 Å². The lowest BCUT2D eigenvalue weighted by molar-refractivity contribution is 0.0953. The van der Waals surface area contributed by atoms with Gasteiger partial charge >= 0.3 is 0 Å². The molecule has 0 aromatic heterocycles. The van der Waals surface area contributed by atoms with E-state index in [4.69, 9.17) is 0 Å². The van der Waals surface area contributed by atoms with E-state index < -0.39 is 0 Å². The number of carbonyl (C=O) groups is 1. The van der Waals surface area contributed by atoms with Crippen molar-refractivity contribution in [1.29, 1.82) is 0 Å². The van der Waals surface area contributed by atoms with Crippen LogP contribution < -0.4 is 10.6 Å². The Hall–Kier alpha value is -1.51. The van der Waals surface area contributed by atoms with E-state index in [2.05, 4.69) is 10.6 Å². The predicted molar refractivity (Wildman–Crippen MR) is 88.9 cm³/mol. The van der Waals surface area contributed by atoms with Crippen molar-refractivity contribution in [3.05, 3.63) is 29.3 Å². The number of amides is 1. The summed E-state index contributed by atoms with van der Waals surface area (Å²) in [5, 5.41) is 6.33. The molecule has 1 aromatic rings. The van der Waals surface area contributed by atoms with Gasteiger partial charge in [-0.3, -0.25) is 4.79 Å². The van der Waals surface area contributed by atoms with Crippen LogP contribution in [0.3, 0.4) is 0 Å². The van der Waals surface area contributed by atoms with E-state index in [-0.39, 0.29) is 5.91 Å². The fourth-order valence-corrected chi connectivity index (χ4v) is 3.18. The quantitative estimate of drug-likeness (QED) is 0.741. The highest BCUT2D eigenvalue weighted by molar-refractivity contribution is 5.99. The Morgan fingerprint density at radius 2 is 2.05 bits per heavy atom. The molecular formula is C18H28N2O. The average Bonchev–Trinajstić information content (AvgIpc) is 2.97. The van der Waals surface area contributed by atoms with Crippen molar-refractivity contribution in [2.45, 2.75) is 52.4 Å². The molecule has 0 spiro atoms. The molecule has 0 saturated heterocycles. The van der Waals surface area contributed by atoms with Crippen LogP contribution in [0.4, 0.5) is 5.69 Å². The third-order valence-corrected chi connectivity index (χ3v) is 4.34. The summed E-state index contributed by atoms with van der Waals surface area (Å²) in [5.74, 6) is 0.941. The van der Waals surface area contributed by atoms with E-state index in [1.54, 1.807) is 0 Å². The van der Waals surface area contributed by atoms with Crippen molar-refractivity contribution < 1.29 is 4.79 Å². The number of rotatable bonds is 7. The van der Waals surface area contributed by atoms with Crippen molar-refractivity contribution in [3.8, 4) is 0 Å². The average molecular weight is 288 g/mol. The van der Waals surface area contributed by atoms with Gasteiger partial charge in [-0.1, -0.05) is 31.7 Å². The van der Waals surface area contributed by atoms with Gasteiger partial charge in [0.25, 0.3) is 5.91 Å². The van der Waals surface area contributed by atoms with Gasteiger partial charge < -0.3 is 10.6 Å². The Kier molecular flexibility index (Phi) is 6.09. The van der Waals surface area contributed by atoms with Gasteiger partial charge in [0.1, 0.15) is 0 Å². The number of benzene rings is 1. The fraction of sp³-hybridized carbons (Fsp3) is 0.611. The first-order valence-corrected chi connectivity index (χ1v) is 8.33. The Bertz CT molecular complexity index is 464. The van der Waals surface area contributed by atoms with Crippen LogP contribution in [-0.2, 0) is 0 Å². The number of nitrogens with one attached hydrogen (secondary N) is 2. The molecular weight excluding hydrogens is 260 g/mol. The second kappa shape index (κ2) is 8.06. The number of hydrogen-bond donors (Lipinski definition) is 2. The summed E-state index contributed by atoms with van der Waals surface area (Å²) >= 11 is 0. The zero-order valence-electron chi connectivity index (χ0n) is 13.4. The summed E-state index contributed by atoms with van der Waals surface area (Å²) in [6, 6.07) is 5.95. The highest BCUT2D eigenvalue weighted by Crippen LogP contribution is 2.28. The zero-order valence-corrected chi connectivity index (χ0v) is 13.4. The van der Waals surface area contributed by atoms with E-state index in [0.717, 1.165) is 36.7 Å². The first kappa shape index (κ1) is 15.9. The lowest BCUT2D eigenvalue weighted by Gasteiger charge is -2.13. The second-order valence-corrected chi connectivity index (χ2v) is 6.13. The van der Waals surface area contributed by atoms with Gasteiger partial charge in [-0.25, -0.2) is 0 Å². The van der Waals surface area contributed by atoms with E-state index in [1.165, 1.54) is 37.7 Å². The minimum absolute atomic E-state index is 0.0392. The molecule has 1 saturated carbocycles. The molecule has 1 fully saturated rings. The third kappa shape index (κ3) is 4.76. The smallest absolute Gasteiger partial charge is 0.253 e. The highest BCUT2D eigenvalue weighted by atomic mass is 16.1. The largest absolute Gasteiger partial charge is 0.385 e. The first-order chi connectivity index (χ1) is 10.2. The van der Waals surface area contributed by atoms with Gasteiger partial charge in [-0.05, 0) is 50.3 Å². The molecule has 0 bridgehead atoms. The van der Waals surface area contributed by atoms with Crippen LogP contribution in [0.2, 0.25) is 0 Å². The molecule has 1 aliphatic rings. The molecule has 1 amide bonds. The number of hydrogen-bond acceptors (Lipinski definition) is 2. The minimum atomic E-state index is 0.0392. The third-order valence-electron chi connectivity index (χ3n) is 4.34. The SMILES string of the molecule is CCNc1cc(C)ccc1C(=O)NCCCC1CCCC1. The first-order valence-electron chi connectivity index (χ1n) is 8.33. The molecule has 0 radical (unpaired) electrons. The molecule has 2 rings (SSSR count). The molecule has 2 N–H and O–H groups in total. The Balaban J connectivity index is 1.81. The monoisotopic (exact) mass is 288 g/mol. The van der Waals surface area contributed by atoms with Crippen LogP contribution in [0.15, 0.2) is 18.2 Å². The van der Waals surface area contributed by atoms with Gasteiger partial charge in [-0.2, -0.15) is 0 Å². The molecule has 1 aliphatic carbocycles. The fourth-order valence-electron chi connectivity index (χ4n) is 3.18. The highest BCUT2D eigenvalue weighted by Gasteiger charge is 2.15. The van der Waals surface area contributed by atoms with E-state index >= 15 is 0 Å². The van der Waals surface area contributed by atoms with Crippen molar-refractivity contribution >= 4 is 11.6 Å². The van der Waals surface area contributed by atoms with Crippen molar-refractivity contribution in [2.24, 2.45) is 5.92 Å². The summed E-state index contributed by atoms with van der Waals surface area (Å²) < 4.78 is 0. The number of carbonyl (C=O) groups excluding carboxylic acids is 1. The summed E-state index contributed by atoms with van der Waals surface area (Å²) in [5.41, 5.74) is 2.86. The molecule has 0 atom stereocenters. The van der Waals surface area contributed by atoms with Crippen LogP contribution in [0.25, 0.3) is 0 Å². The molecule has 0 unspecified atom stereocenters. The lowest BCUT2D eigenvalue weighted by atomic mass is 10.0. The topological polar surface area (TPSA) is 41.1 Å². The Morgan fingerprint density at radius 1 is 1.29 bits per heavy atom. The van der Waals surface area contributed by atoms with Gasteiger partial charge in [0.15, 0.2) is 0 Å². The molecule has 116 valence electrons. The Morgan fingerprint density at radius 3 is 2.76 bits per heavy atom. The second-order valence-electron chi connectivity index (χ2n) is 6.13. The van der Waals surface area contributed by atoms with Gasteiger partial charge in [-0.15, -0.1) is 0 Å². The zero-order chi connectivity index (χ0) is 15.1. The lowest BCUT2D eigenvalue weighted by Crippen LogP contribution is -2.25. The maximum Gasteiger partial charge on any atom is 0.253 e. The van der Waals surface area contributed by atoms with Crippen LogP contribution in [0.5, 0.6) is 0 Å². The van der Waals surface area contributed by atoms with E-state index in [9.17, 15) is 4.79 Å². The minimum Gasteiger partial charge on any atom is -0.385 e. The van der Waals surface area contributed by atoms with E-state index in [1.807, 2.05) is 32.0 Å². The van der Waals surface area contributed by atoms with Gasteiger partial charge in [0.2, 0.25) is 0 Å². The standard InChI is InChI=1S/C18H28N2O/c1-3-19-17-13-14(2)10-11-16(17)18(21)20-12-6-9-15-7-4-5-8-15/h10-11,13,15,19H,3-9,12H2,1-2H3,(H,20,21). The number of aryl methyl sites for hydroxylation is 1. The van der Waals surface area contributed by atoms with Gasteiger partial charge in [0.05, 0.1) is 5.56 Å². The summed E-state index contributed by atoms with van der Waals surface area (Å²) in [7, 11) is 0. The molecule has 21 heavy (non-hydrogen) atoms. The van der Waals surface area contributed by atoms with Crippen LogP contribution in [0, 0.1) is 12.8 Å².